The van der Waals surface area contributed by atoms with E-state index in [-0.39, 0.29) is 0 Å². The molecule has 76 valence electrons. The molecular weight excluding hydrogens is 200 g/mol. The predicted molar refractivity (Wildman–Crippen MR) is 55.7 cm³/mol. The second-order valence-corrected chi connectivity index (χ2v) is 3.88. The highest BCUT2D eigenvalue weighted by atomic mass is 35.5. The first-order valence-electron chi connectivity index (χ1n) is 4.71. The summed E-state index contributed by atoms with van der Waals surface area (Å²) in [6, 6.07) is 2.56. The standard InChI is InChI=1S/C10H13ClN2O/c1-14-10-4-7(9(11)6-13-10)5-12-8-2-3-8/h4,6,8,12H,2-3,5H2,1H3. The Kier molecular flexibility index (Phi) is 2.89. The van der Waals surface area contributed by atoms with Gasteiger partial charge in [-0.05, 0) is 18.4 Å². The Labute approximate surface area is 88.4 Å². The van der Waals surface area contributed by atoms with Gasteiger partial charge in [-0.25, -0.2) is 4.98 Å². The van der Waals surface area contributed by atoms with Crippen molar-refractivity contribution in [3.05, 3.63) is 22.8 Å². The summed E-state index contributed by atoms with van der Waals surface area (Å²) >= 11 is 6.00. The highest BCUT2D eigenvalue weighted by Crippen LogP contribution is 2.22. The molecule has 1 aliphatic carbocycles. The lowest BCUT2D eigenvalue weighted by molar-refractivity contribution is 0.397. The zero-order chi connectivity index (χ0) is 9.97. The third kappa shape index (κ3) is 2.36. The first kappa shape index (κ1) is 9.74. The summed E-state index contributed by atoms with van der Waals surface area (Å²) in [4.78, 5) is 4.02. The van der Waals surface area contributed by atoms with E-state index in [1.807, 2.05) is 6.07 Å². The molecule has 1 aliphatic rings. The van der Waals surface area contributed by atoms with Crippen molar-refractivity contribution >= 4 is 11.6 Å². The molecule has 0 bridgehead atoms. The number of nitrogens with zero attached hydrogens (tertiary/aromatic N) is 1. The van der Waals surface area contributed by atoms with Crippen molar-refractivity contribution in [2.24, 2.45) is 0 Å². The number of ether oxygens (including phenoxy) is 1. The van der Waals surface area contributed by atoms with Gasteiger partial charge in [0.25, 0.3) is 0 Å². The molecule has 1 fully saturated rings. The van der Waals surface area contributed by atoms with E-state index in [0.29, 0.717) is 16.9 Å². The molecule has 1 N–H and O–H groups in total. The molecule has 1 heterocycles. The van der Waals surface area contributed by atoms with Crippen LogP contribution in [0.1, 0.15) is 18.4 Å². The molecule has 1 aromatic heterocycles. The van der Waals surface area contributed by atoms with Gasteiger partial charge < -0.3 is 10.1 Å². The first-order valence-corrected chi connectivity index (χ1v) is 5.09. The number of methoxy groups -OCH3 is 1. The monoisotopic (exact) mass is 212 g/mol. The zero-order valence-electron chi connectivity index (χ0n) is 8.09. The maximum absolute atomic E-state index is 6.00. The Balaban J connectivity index is 2.04. The van der Waals surface area contributed by atoms with Gasteiger partial charge in [0.2, 0.25) is 5.88 Å². The van der Waals surface area contributed by atoms with Gasteiger partial charge in [-0.15, -0.1) is 0 Å². The second-order valence-electron chi connectivity index (χ2n) is 3.47. The number of aromatic nitrogens is 1. The van der Waals surface area contributed by atoms with Gasteiger partial charge in [0.05, 0.1) is 12.1 Å². The fourth-order valence-corrected chi connectivity index (χ4v) is 1.42. The van der Waals surface area contributed by atoms with Crippen LogP contribution in [0.4, 0.5) is 0 Å². The number of hydrogen-bond donors (Lipinski definition) is 1. The lowest BCUT2D eigenvalue weighted by atomic mass is 10.2. The maximum atomic E-state index is 6.00. The summed E-state index contributed by atoms with van der Waals surface area (Å²) in [5.41, 5.74) is 1.05. The topological polar surface area (TPSA) is 34.1 Å². The minimum atomic E-state index is 0.613. The normalized spacial score (nSPS) is 15.6. The molecule has 0 unspecified atom stereocenters. The average molecular weight is 213 g/mol. The summed E-state index contributed by atoms with van der Waals surface area (Å²) in [7, 11) is 1.61. The second kappa shape index (κ2) is 4.15. The Hall–Kier alpha value is -0.800. The van der Waals surface area contributed by atoms with Crippen LogP contribution in [-0.2, 0) is 6.54 Å². The van der Waals surface area contributed by atoms with Crippen LogP contribution in [0.5, 0.6) is 5.88 Å². The average Bonchev–Trinajstić information content (AvgIpc) is 3.00. The third-order valence-electron chi connectivity index (χ3n) is 2.28. The molecule has 3 nitrogen and oxygen atoms in total. The largest absolute Gasteiger partial charge is 0.481 e. The fourth-order valence-electron chi connectivity index (χ4n) is 1.25. The minimum absolute atomic E-state index is 0.613. The lowest BCUT2D eigenvalue weighted by Gasteiger charge is -2.06. The Bertz CT molecular complexity index is 326. The smallest absolute Gasteiger partial charge is 0.213 e. The quantitative estimate of drug-likeness (QED) is 0.829. The van der Waals surface area contributed by atoms with E-state index in [9.17, 15) is 0 Å². The van der Waals surface area contributed by atoms with Crippen LogP contribution in [-0.4, -0.2) is 18.1 Å². The van der Waals surface area contributed by atoms with E-state index >= 15 is 0 Å². The van der Waals surface area contributed by atoms with Crippen molar-refractivity contribution < 1.29 is 4.74 Å². The van der Waals surface area contributed by atoms with E-state index < -0.39 is 0 Å². The minimum Gasteiger partial charge on any atom is -0.481 e. The summed E-state index contributed by atoms with van der Waals surface area (Å²) in [6.45, 7) is 0.794. The number of pyridine rings is 1. The highest BCUT2D eigenvalue weighted by Gasteiger charge is 2.20. The van der Waals surface area contributed by atoms with Crippen LogP contribution in [0.15, 0.2) is 12.3 Å². The van der Waals surface area contributed by atoms with Crippen LogP contribution in [0.3, 0.4) is 0 Å². The van der Waals surface area contributed by atoms with Crippen LogP contribution in [0, 0.1) is 0 Å². The number of nitrogens with one attached hydrogen (secondary N) is 1. The van der Waals surface area contributed by atoms with Crippen molar-refractivity contribution in [3.8, 4) is 5.88 Å². The van der Waals surface area contributed by atoms with Gasteiger partial charge in [0.15, 0.2) is 0 Å². The van der Waals surface area contributed by atoms with Crippen molar-refractivity contribution in [1.29, 1.82) is 0 Å². The Morgan fingerprint density at radius 2 is 2.43 bits per heavy atom. The molecular formula is C10H13ClN2O. The van der Waals surface area contributed by atoms with Crippen molar-refractivity contribution in [3.63, 3.8) is 0 Å². The van der Waals surface area contributed by atoms with Crippen LogP contribution < -0.4 is 10.1 Å². The summed E-state index contributed by atoms with van der Waals surface area (Å²) in [6.07, 6.45) is 4.18. The van der Waals surface area contributed by atoms with E-state index in [0.717, 1.165) is 12.1 Å². The summed E-state index contributed by atoms with van der Waals surface area (Å²) in [5, 5.41) is 4.09. The number of rotatable bonds is 4. The molecule has 4 heteroatoms. The van der Waals surface area contributed by atoms with Crippen LogP contribution in [0.2, 0.25) is 5.02 Å². The van der Waals surface area contributed by atoms with Crippen LogP contribution >= 0.6 is 11.6 Å². The van der Waals surface area contributed by atoms with Crippen molar-refractivity contribution in [2.75, 3.05) is 7.11 Å². The highest BCUT2D eigenvalue weighted by molar-refractivity contribution is 6.31. The number of hydrogen-bond acceptors (Lipinski definition) is 3. The van der Waals surface area contributed by atoms with Gasteiger partial charge in [-0.1, -0.05) is 11.6 Å². The van der Waals surface area contributed by atoms with Crippen LogP contribution in [0.25, 0.3) is 0 Å². The molecule has 0 radical (unpaired) electrons. The predicted octanol–water partition coefficient (Wildman–Crippen LogP) is 2.00. The lowest BCUT2D eigenvalue weighted by Crippen LogP contribution is -2.15. The van der Waals surface area contributed by atoms with Gasteiger partial charge in [-0.3, -0.25) is 0 Å². The van der Waals surface area contributed by atoms with E-state index in [4.69, 9.17) is 16.3 Å². The molecule has 0 saturated heterocycles. The molecule has 2 rings (SSSR count). The van der Waals surface area contributed by atoms with E-state index in [1.165, 1.54) is 12.8 Å². The molecule has 0 amide bonds. The maximum Gasteiger partial charge on any atom is 0.213 e. The molecule has 1 saturated carbocycles. The zero-order valence-corrected chi connectivity index (χ0v) is 8.84. The van der Waals surface area contributed by atoms with Crippen molar-refractivity contribution in [1.82, 2.24) is 10.3 Å². The SMILES string of the molecule is COc1cc(CNC2CC2)c(Cl)cn1. The van der Waals surface area contributed by atoms with Gasteiger partial charge in [0.1, 0.15) is 0 Å². The molecule has 0 aliphatic heterocycles. The number of halogens is 1. The fraction of sp³-hybridized carbons (Fsp3) is 0.500. The Morgan fingerprint density at radius 3 is 3.07 bits per heavy atom. The van der Waals surface area contributed by atoms with Gasteiger partial charge in [-0.2, -0.15) is 0 Å². The van der Waals surface area contributed by atoms with Gasteiger partial charge >= 0.3 is 0 Å². The summed E-state index contributed by atoms with van der Waals surface area (Å²) < 4.78 is 5.03. The molecule has 0 atom stereocenters. The van der Waals surface area contributed by atoms with Crippen molar-refractivity contribution in [2.45, 2.75) is 25.4 Å². The summed E-state index contributed by atoms with van der Waals surface area (Å²) in [5.74, 6) is 0.613. The molecule has 0 spiro atoms. The third-order valence-corrected chi connectivity index (χ3v) is 2.62. The molecule has 0 aromatic carbocycles. The first-order chi connectivity index (χ1) is 6.79. The van der Waals surface area contributed by atoms with E-state index in [2.05, 4.69) is 10.3 Å². The van der Waals surface area contributed by atoms with Gasteiger partial charge in [0, 0.05) is 24.8 Å². The van der Waals surface area contributed by atoms with E-state index in [1.54, 1.807) is 13.3 Å². The molecule has 14 heavy (non-hydrogen) atoms. The Morgan fingerprint density at radius 1 is 1.64 bits per heavy atom. The molecule has 1 aromatic rings.